The minimum atomic E-state index is -0.570. The van der Waals surface area contributed by atoms with E-state index >= 15 is 0 Å². The van der Waals surface area contributed by atoms with Gasteiger partial charge in [-0.1, -0.05) is 24.3 Å². The van der Waals surface area contributed by atoms with Gasteiger partial charge in [-0.25, -0.2) is 9.78 Å². The minimum Gasteiger partial charge on any atom is -0.452 e. The molecule has 3 aromatic rings. The molecular formula is C22H23N3O3S. The maximum atomic E-state index is 12.6. The summed E-state index contributed by atoms with van der Waals surface area (Å²) >= 11 is 1.69. The van der Waals surface area contributed by atoms with Gasteiger partial charge in [0.25, 0.3) is 5.91 Å². The van der Waals surface area contributed by atoms with Crippen LogP contribution in [0.1, 0.15) is 39.7 Å². The summed E-state index contributed by atoms with van der Waals surface area (Å²) in [4.78, 5) is 31.5. The third-order valence-corrected chi connectivity index (χ3v) is 6.50. The number of nitrogen functional groups attached to an aromatic ring is 1. The number of amides is 1. The molecule has 0 bridgehead atoms. The normalized spacial score (nSPS) is 16.7. The molecule has 150 valence electrons. The van der Waals surface area contributed by atoms with E-state index in [1.165, 1.54) is 0 Å². The Labute approximate surface area is 173 Å². The van der Waals surface area contributed by atoms with Crippen molar-refractivity contribution in [2.45, 2.75) is 25.7 Å². The second-order valence-electron chi connectivity index (χ2n) is 7.31. The quantitative estimate of drug-likeness (QED) is 0.524. The SMILES string of the molecule is Cc1cccc(C(=O)OCC(=O)N2CCC[C@@H](c3nc4ccccc4s3)C2)c1N. The fourth-order valence-corrected chi connectivity index (χ4v) is 4.72. The standard InChI is InChI=1S/C22H23N3O3S/c1-14-6-4-8-16(20(14)23)22(27)28-13-19(26)25-11-5-7-15(12-25)21-24-17-9-2-3-10-18(17)29-21/h2-4,6,8-10,15H,5,7,11-13,23H2,1H3/t15-/m1/s1. The Kier molecular flexibility index (Phi) is 5.49. The maximum absolute atomic E-state index is 12.6. The zero-order valence-corrected chi connectivity index (χ0v) is 17.1. The number of carbonyl (C=O) groups is 2. The number of anilines is 1. The van der Waals surface area contributed by atoms with Crippen molar-refractivity contribution in [3.8, 4) is 0 Å². The second-order valence-corrected chi connectivity index (χ2v) is 8.37. The number of aryl methyl sites for hydroxylation is 1. The predicted molar refractivity (Wildman–Crippen MR) is 114 cm³/mol. The average molecular weight is 410 g/mol. The van der Waals surface area contributed by atoms with Crippen LogP contribution in [-0.4, -0.2) is 41.5 Å². The third kappa shape index (κ3) is 4.10. The van der Waals surface area contributed by atoms with Gasteiger partial charge in [-0.05, 0) is 43.5 Å². The first-order chi connectivity index (χ1) is 14.0. The molecule has 0 aliphatic carbocycles. The van der Waals surface area contributed by atoms with Crippen molar-refractivity contribution in [3.63, 3.8) is 0 Å². The van der Waals surface area contributed by atoms with E-state index in [1.54, 1.807) is 28.4 Å². The van der Waals surface area contributed by atoms with Crippen molar-refractivity contribution >= 4 is 39.1 Å². The number of nitrogens with two attached hydrogens (primary N) is 1. The second kappa shape index (κ2) is 8.21. The Hall–Kier alpha value is -2.93. The van der Waals surface area contributed by atoms with Gasteiger partial charge in [-0.2, -0.15) is 0 Å². The van der Waals surface area contributed by atoms with Crippen LogP contribution in [0.15, 0.2) is 42.5 Å². The maximum Gasteiger partial charge on any atom is 0.340 e. The molecule has 7 heteroatoms. The van der Waals surface area contributed by atoms with Crippen LogP contribution in [0.4, 0.5) is 5.69 Å². The van der Waals surface area contributed by atoms with Crippen LogP contribution in [0.3, 0.4) is 0 Å². The highest BCUT2D eigenvalue weighted by Crippen LogP contribution is 2.33. The number of ether oxygens (including phenoxy) is 1. The van der Waals surface area contributed by atoms with E-state index in [4.69, 9.17) is 15.5 Å². The van der Waals surface area contributed by atoms with Gasteiger partial charge in [0, 0.05) is 24.7 Å². The summed E-state index contributed by atoms with van der Waals surface area (Å²) < 4.78 is 6.41. The molecule has 0 unspecified atom stereocenters. The van der Waals surface area contributed by atoms with Crippen LogP contribution >= 0.6 is 11.3 Å². The summed E-state index contributed by atoms with van der Waals surface area (Å²) in [7, 11) is 0. The third-order valence-electron chi connectivity index (χ3n) is 5.30. The largest absolute Gasteiger partial charge is 0.452 e. The van der Waals surface area contributed by atoms with E-state index in [1.807, 2.05) is 31.2 Å². The molecule has 2 heterocycles. The molecule has 29 heavy (non-hydrogen) atoms. The summed E-state index contributed by atoms with van der Waals surface area (Å²) in [6.45, 7) is 2.82. The number of hydrogen-bond donors (Lipinski definition) is 1. The Bertz CT molecular complexity index is 1030. The van der Waals surface area contributed by atoms with Gasteiger partial charge in [0.15, 0.2) is 6.61 Å². The van der Waals surface area contributed by atoms with E-state index in [2.05, 4.69) is 6.07 Å². The fourth-order valence-electron chi connectivity index (χ4n) is 3.62. The highest BCUT2D eigenvalue weighted by atomic mass is 32.1. The van der Waals surface area contributed by atoms with Crippen molar-refractivity contribution in [2.75, 3.05) is 25.4 Å². The molecule has 1 aromatic heterocycles. The Balaban J connectivity index is 1.38. The molecule has 4 rings (SSSR count). The Morgan fingerprint density at radius 1 is 1.24 bits per heavy atom. The monoisotopic (exact) mass is 409 g/mol. The van der Waals surface area contributed by atoms with Gasteiger partial charge in [0.2, 0.25) is 0 Å². The van der Waals surface area contributed by atoms with Crippen LogP contribution in [0.25, 0.3) is 10.2 Å². The van der Waals surface area contributed by atoms with Crippen molar-refractivity contribution in [1.29, 1.82) is 0 Å². The first-order valence-electron chi connectivity index (χ1n) is 9.68. The number of carbonyl (C=O) groups excluding carboxylic acids is 2. The van der Waals surface area contributed by atoms with E-state index in [9.17, 15) is 9.59 Å². The van der Waals surface area contributed by atoms with Crippen molar-refractivity contribution in [1.82, 2.24) is 9.88 Å². The topological polar surface area (TPSA) is 85.5 Å². The Morgan fingerprint density at radius 3 is 2.90 bits per heavy atom. The first kappa shape index (κ1) is 19.4. The number of esters is 1. The van der Waals surface area contributed by atoms with Crippen molar-refractivity contribution in [3.05, 3.63) is 58.6 Å². The molecule has 2 aromatic carbocycles. The lowest BCUT2D eigenvalue weighted by molar-refractivity contribution is -0.135. The van der Waals surface area contributed by atoms with Gasteiger partial charge < -0.3 is 15.4 Å². The lowest BCUT2D eigenvalue weighted by Gasteiger charge is -2.31. The van der Waals surface area contributed by atoms with E-state index in [-0.39, 0.29) is 18.4 Å². The number of fused-ring (bicyclic) bond motifs is 1. The average Bonchev–Trinajstić information content (AvgIpc) is 3.18. The van der Waals surface area contributed by atoms with Crippen LogP contribution in [0.2, 0.25) is 0 Å². The van der Waals surface area contributed by atoms with Gasteiger partial charge in [-0.3, -0.25) is 4.79 Å². The molecule has 1 fully saturated rings. The van der Waals surface area contributed by atoms with E-state index in [0.717, 1.165) is 33.6 Å². The van der Waals surface area contributed by atoms with Gasteiger partial charge in [0.05, 0.1) is 20.8 Å². The summed E-state index contributed by atoms with van der Waals surface area (Å²) in [5.41, 5.74) is 8.43. The molecule has 0 saturated carbocycles. The fraction of sp³-hybridized carbons (Fsp3) is 0.318. The van der Waals surface area contributed by atoms with Gasteiger partial charge in [-0.15, -0.1) is 11.3 Å². The lowest BCUT2D eigenvalue weighted by Crippen LogP contribution is -2.41. The number of thiazole rings is 1. The predicted octanol–water partition coefficient (Wildman–Crippen LogP) is 3.75. The summed E-state index contributed by atoms with van der Waals surface area (Å²) in [5.74, 6) is -0.539. The highest BCUT2D eigenvalue weighted by Gasteiger charge is 2.27. The zero-order chi connectivity index (χ0) is 20.4. The minimum absolute atomic E-state index is 0.185. The molecule has 0 spiro atoms. The number of piperidine rings is 1. The molecule has 1 saturated heterocycles. The smallest absolute Gasteiger partial charge is 0.340 e. The molecule has 1 aliphatic rings. The first-order valence-corrected chi connectivity index (χ1v) is 10.5. The van der Waals surface area contributed by atoms with Crippen LogP contribution in [0, 0.1) is 6.92 Å². The number of hydrogen-bond acceptors (Lipinski definition) is 6. The van der Waals surface area contributed by atoms with Crippen molar-refractivity contribution in [2.24, 2.45) is 0 Å². The van der Waals surface area contributed by atoms with Crippen LogP contribution in [0.5, 0.6) is 0 Å². The van der Waals surface area contributed by atoms with Crippen molar-refractivity contribution < 1.29 is 14.3 Å². The van der Waals surface area contributed by atoms with E-state index < -0.39 is 5.97 Å². The molecule has 1 atom stereocenters. The Morgan fingerprint density at radius 2 is 2.07 bits per heavy atom. The number of aromatic nitrogens is 1. The zero-order valence-electron chi connectivity index (χ0n) is 16.3. The van der Waals surface area contributed by atoms with Gasteiger partial charge in [0.1, 0.15) is 0 Å². The molecule has 2 N–H and O–H groups in total. The highest BCUT2D eigenvalue weighted by molar-refractivity contribution is 7.18. The van der Waals surface area contributed by atoms with Gasteiger partial charge >= 0.3 is 5.97 Å². The van der Waals surface area contributed by atoms with E-state index in [0.29, 0.717) is 24.3 Å². The summed E-state index contributed by atoms with van der Waals surface area (Å²) in [6, 6.07) is 13.3. The number of benzene rings is 2. The number of nitrogens with zero attached hydrogens (tertiary/aromatic N) is 2. The molecule has 6 nitrogen and oxygen atoms in total. The number of rotatable bonds is 4. The molecule has 1 aliphatic heterocycles. The number of likely N-dealkylation sites (tertiary alicyclic amines) is 1. The number of para-hydroxylation sites is 2. The van der Waals surface area contributed by atoms with Crippen LogP contribution < -0.4 is 5.73 Å². The molecule has 0 radical (unpaired) electrons. The van der Waals surface area contributed by atoms with Crippen LogP contribution in [-0.2, 0) is 9.53 Å². The summed E-state index contributed by atoms with van der Waals surface area (Å²) in [5, 5.41) is 1.06. The molecule has 1 amide bonds. The molecular weight excluding hydrogens is 386 g/mol. The summed E-state index contributed by atoms with van der Waals surface area (Å²) in [6.07, 6.45) is 1.91. The lowest BCUT2D eigenvalue weighted by atomic mass is 9.99.